The summed E-state index contributed by atoms with van der Waals surface area (Å²) in [6.07, 6.45) is 12.4. The molecule has 2 N–H and O–H groups in total. The summed E-state index contributed by atoms with van der Waals surface area (Å²) in [5.41, 5.74) is 2.05. The number of carbonyl (C=O) groups is 2. The number of hydrogen-bond donors (Lipinski definition) is 2. The molecule has 2 unspecified atom stereocenters. The molecule has 0 bridgehead atoms. The van der Waals surface area contributed by atoms with E-state index in [4.69, 9.17) is 4.74 Å². The van der Waals surface area contributed by atoms with Crippen molar-refractivity contribution < 1.29 is 14.3 Å². The van der Waals surface area contributed by atoms with Gasteiger partial charge in [0.15, 0.2) is 0 Å². The molecule has 4 fully saturated rings. The Morgan fingerprint density at radius 1 is 1.00 bits per heavy atom. The maximum absolute atomic E-state index is 13.5. The molecular formula is C32H48N2O3. The van der Waals surface area contributed by atoms with Gasteiger partial charge in [0.2, 0.25) is 11.8 Å². The molecule has 5 rings (SSSR count). The molecule has 37 heavy (non-hydrogen) atoms. The largest absolute Gasteiger partial charge is 0.380 e. The molecule has 1 heterocycles. The minimum Gasteiger partial charge on any atom is -0.380 e. The van der Waals surface area contributed by atoms with E-state index in [0.29, 0.717) is 48.7 Å². The zero-order valence-electron chi connectivity index (χ0n) is 23.6. The summed E-state index contributed by atoms with van der Waals surface area (Å²) in [7, 11) is 0. The van der Waals surface area contributed by atoms with E-state index in [9.17, 15) is 9.59 Å². The van der Waals surface area contributed by atoms with Crippen LogP contribution in [-0.4, -0.2) is 31.6 Å². The van der Waals surface area contributed by atoms with Crippen molar-refractivity contribution in [3.05, 3.63) is 29.8 Å². The van der Waals surface area contributed by atoms with E-state index in [-0.39, 0.29) is 17.2 Å². The third kappa shape index (κ3) is 5.77. The van der Waals surface area contributed by atoms with E-state index >= 15 is 0 Å². The Bertz CT molecular complexity index is 991. The van der Waals surface area contributed by atoms with Crippen molar-refractivity contribution in [2.24, 2.45) is 28.1 Å². The van der Waals surface area contributed by atoms with Gasteiger partial charge in [-0.3, -0.25) is 9.59 Å². The minimum absolute atomic E-state index is 0.0588. The molecule has 204 valence electrons. The highest BCUT2D eigenvalue weighted by molar-refractivity contribution is 5.92. The van der Waals surface area contributed by atoms with Gasteiger partial charge in [-0.05, 0) is 104 Å². The molecule has 2 atom stereocenters. The summed E-state index contributed by atoms with van der Waals surface area (Å²) >= 11 is 0. The number of ether oxygens (including phenoxy) is 1. The zero-order chi connectivity index (χ0) is 26.3. The van der Waals surface area contributed by atoms with E-state index in [1.54, 1.807) is 0 Å². The van der Waals surface area contributed by atoms with Crippen LogP contribution >= 0.6 is 0 Å². The fourth-order valence-corrected chi connectivity index (χ4v) is 7.20. The average molecular weight is 509 g/mol. The fraction of sp³-hybridized carbons (Fsp3) is 0.750. The third-order valence-electron chi connectivity index (χ3n) is 10.7. The van der Waals surface area contributed by atoms with Crippen molar-refractivity contribution in [1.82, 2.24) is 5.32 Å². The lowest BCUT2D eigenvalue weighted by atomic mass is 9.65. The summed E-state index contributed by atoms with van der Waals surface area (Å²) in [6, 6.07) is 7.95. The molecule has 1 aromatic rings. The summed E-state index contributed by atoms with van der Waals surface area (Å²) in [5.74, 6) is 1.28. The van der Waals surface area contributed by atoms with E-state index < -0.39 is 5.41 Å². The van der Waals surface area contributed by atoms with Crippen molar-refractivity contribution in [1.29, 1.82) is 0 Å². The first kappa shape index (κ1) is 26.7. The Labute approximate surface area is 223 Å². The van der Waals surface area contributed by atoms with Crippen LogP contribution < -0.4 is 10.6 Å². The number of amides is 2. The zero-order valence-corrected chi connectivity index (χ0v) is 23.6. The van der Waals surface area contributed by atoms with Crippen LogP contribution in [0.25, 0.3) is 0 Å². The molecule has 3 saturated carbocycles. The number of anilines is 1. The number of nitrogens with one attached hydrogen (secondary N) is 2. The van der Waals surface area contributed by atoms with Gasteiger partial charge < -0.3 is 15.4 Å². The van der Waals surface area contributed by atoms with Crippen LogP contribution in [0.4, 0.5) is 5.69 Å². The van der Waals surface area contributed by atoms with Gasteiger partial charge in [-0.2, -0.15) is 0 Å². The normalized spacial score (nSPS) is 28.6. The molecule has 1 aliphatic heterocycles. The predicted molar refractivity (Wildman–Crippen MR) is 148 cm³/mol. The molecule has 1 saturated heterocycles. The third-order valence-corrected chi connectivity index (χ3v) is 10.7. The molecule has 0 spiro atoms. The van der Waals surface area contributed by atoms with Gasteiger partial charge >= 0.3 is 0 Å². The quantitative estimate of drug-likeness (QED) is 0.394. The highest BCUT2D eigenvalue weighted by Crippen LogP contribution is 2.58. The number of rotatable bonds is 9. The van der Waals surface area contributed by atoms with Crippen LogP contribution in [0.15, 0.2) is 24.3 Å². The van der Waals surface area contributed by atoms with Gasteiger partial charge in [0.25, 0.3) is 0 Å². The molecule has 2 amide bonds. The second-order valence-corrected chi connectivity index (χ2v) is 14.3. The van der Waals surface area contributed by atoms with E-state index in [0.717, 1.165) is 17.8 Å². The Hall–Kier alpha value is -1.88. The smallest absolute Gasteiger partial charge is 0.233 e. The topological polar surface area (TPSA) is 67.4 Å². The summed E-state index contributed by atoms with van der Waals surface area (Å²) in [4.78, 5) is 26.8. The van der Waals surface area contributed by atoms with Gasteiger partial charge in [0.05, 0.1) is 12.0 Å². The molecule has 3 aliphatic carbocycles. The Kier molecular flexibility index (Phi) is 7.23. The first-order valence-corrected chi connectivity index (χ1v) is 14.8. The Balaban J connectivity index is 1.25. The molecule has 5 nitrogen and oxygen atoms in total. The van der Waals surface area contributed by atoms with Gasteiger partial charge in [0, 0.05) is 25.3 Å². The van der Waals surface area contributed by atoms with Crippen LogP contribution in [0.5, 0.6) is 0 Å². The lowest BCUT2D eigenvalue weighted by Crippen LogP contribution is -2.49. The fourth-order valence-electron chi connectivity index (χ4n) is 7.20. The second kappa shape index (κ2) is 10.0. The van der Waals surface area contributed by atoms with Crippen molar-refractivity contribution in [2.75, 3.05) is 25.1 Å². The number of benzene rings is 1. The highest BCUT2D eigenvalue weighted by atomic mass is 16.5. The van der Waals surface area contributed by atoms with Gasteiger partial charge in [-0.15, -0.1) is 0 Å². The van der Waals surface area contributed by atoms with Crippen molar-refractivity contribution in [3.8, 4) is 0 Å². The van der Waals surface area contributed by atoms with Gasteiger partial charge in [-0.25, -0.2) is 0 Å². The number of hydrogen-bond acceptors (Lipinski definition) is 3. The summed E-state index contributed by atoms with van der Waals surface area (Å²) < 4.78 is 5.76. The molecular weight excluding hydrogens is 460 g/mol. The van der Waals surface area contributed by atoms with Crippen LogP contribution in [0.1, 0.15) is 104 Å². The molecule has 0 aromatic heterocycles. The maximum atomic E-state index is 13.5. The first-order chi connectivity index (χ1) is 17.5. The maximum Gasteiger partial charge on any atom is 0.233 e. The van der Waals surface area contributed by atoms with Gasteiger partial charge in [0.1, 0.15) is 0 Å². The molecule has 1 aromatic carbocycles. The van der Waals surface area contributed by atoms with Gasteiger partial charge in [-0.1, -0.05) is 46.2 Å². The minimum atomic E-state index is -0.681. The Morgan fingerprint density at radius 3 is 2.32 bits per heavy atom. The monoisotopic (exact) mass is 508 g/mol. The van der Waals surface area contributed by atoms with E-state index in [2.05, 4.69) is 38.3 Å². The standard InChI is InChI=1S/C32H48N2O3/c1-29(2)13-9-23(10-14-29)26(31(4)15-16-31)20-27(35)34-25-8-5-7-24(19-25)32(17-18-37-22-32)28(36)33-21-30(3)11-6-12-30/h5,7-8,19,23,26H,6,9-18,20-22H2,1-4H3,(H,33,36)(H,34,35). The average Bonchev–Trinajstić information content (AvgIpc) is 3.38. The van der Waals surface area contributed by atoms with E-state index in [1.807, 2.05) is 24.3 Å². The second-order valence-electron chi connectivity index (χ2n) is 14.3. The van der Waals surface area contributed by atoms with Crippen molar-refractivity contribution in [2.45, 2.75) is 104 Å². The van der Waals surface area contributed by atoms with E-state index in [1.165, 1.54) is 57.8 Å². The Morgan fingerprint density at radius 2 is 1.73 bits per heavy atom. The highest BCUT2D eigenvalue weighted by Gasteiger charge is 2.49. The van der Waals surface area contributed by atoms with Crippen LogP contribution in [0.3, 0.4) is 0 Å². The van der Waals surface area contributed by atoms with Crippen LogP contribution in [-0.2, 0) is 19.7 Å². The SMILES string of the molecule is CC1(C)CCC(C(CC(=O)Nc2cccc(C3(C(=O)NCC4(C)CCC4)CCOC3)c2)C2(C)CC2)CC1. The van der Waals surface area contributed by atoms with Crippen molar-refractivity contribution >= 4 is 17.5 Å². The lowest BCUT2D eigenvalue weighted by molar-refractivity contribution is -0.127. The summed E-state index contributed by atoms with van der Waals surface area (Å²) in [6.45, 7) is 11.1. The number of carbonyl (C=O) groups excluding carboxylic acids is 2. The predicted octanol–water partition coefficient (Wildman–Crippen LogP) is 6.61. The molecule has 4 aliphatic rings. The summed E-state index contributed by atoms with van der Waals surface area (Å²) in [5, 5.41) is 6.46. The lowest BCUT2D eigenvalue weighted by Gasteiger charge is -2.40. The van der Waals surface area contributed by atoms with Crippen LogP contribution in [0, 0.1) is 28.1 Å². The first-order valence-electron chi connectivity index (χ1n) is 14.8. The van der Waals surface area contributed by atoms with Crippen molar-refractivity contribution in [3.63, 3.8) is 0 Å². The van der Waals surface area contributed by atoms with Crippen LogP contribution in [0.2, 0.25) is 0 Å². The molecule has 0 radical (unpaired) electrons. The molecule has 5 heteroatoms.